The lowest BCUT2D eigenvalue weighted by atomic mass is 9.65. The zero-order valence-electron chi connectivity index (χ0n) is 15.1. The Balaban J connectivity index is 1.84. The van der Waals surface area contributed by atoms with Crippen molar-refractivity contribution in [2.45, 2.75) is 33.6 Å². The van der Waals surface area contributed by atoms with Gasteiger partial charge in [0, 0.05) is 26.9 Å². The molecule has 2 aliphatic rings. The first kappa shape index (κ1) is 18.7. The van der Waals surface area contributed by atoms with E-state index in [0.717, 1.165) is 9.86 Å². The van der Waals surface area contributed by atoms with Crippen LogP contribution in [0.4, 0.5) is 0 Å². The number of halogens is 2. The number of hydrogen-bond donors (Lipinski definition) is 0. The van der Waals surface area contributed by atoms with Crippen LogP contribution in [0.25, 0.3) is 10.9 Å². The van der Waals surface area contributed by atoms with Crippen molar-refractivity contribution in [3.05, 3.63) is 33.3 Å². The fraction of sp³-hybridized carbons (Fsp3) is 0.400. The summed E-state index contributed by atoms with van der Waals surface area (Å²) in [5.41, 5.74) is -2.60. The Morgan fingerprint density at radius 2 is 1.81 bits per heavy atom. The molecule has 0 aliphatic heterocycles. The smallest absolute Gasteiger partial charge is 0.326 e. The molecule has 2 saturated carbocycles. The lowest BCUT2D eigenvalue weighted by molar-refractivity contribution is -0.157. The van der Waals surface area contributed by atoms with E-state index in [9.17, 15) is 14.4 Å². The molecule has 27 heavy (non-hydrogen) atoms. The number of carbonyl (C=O) groups excluding carboxylic acids is 3. The molecular formula is C20H17Br2NO4. The second-order valence-electron chi connectivity index (χ2n) is 7.98. The highest BCUT2D eigenvalue weighted by Gasteiger charge is 2.78. The standard InChI is InChI=1S/C20H17Br2NO4/c1-18(2)19(3)6-7-20(18,16(25)15(19)24)17(26)27-14-12(22)9-11(21)10-5-4-8-23-13(10)14/h4-5,8-9H,6-7H2,1-3H3/t19-,20+/m0/s1. The summed E-state index contributed by atoms with van der Waals surface area (Å²) in [6.45, 7) is 5.41. The van der Waals surface area contributed by atoms with Crippen molar-refractivity contribution in [2.75, 3.05) is 0 Å². The summed E-state index contributed by atoms with van der Waals surface area (Å²) in [5.74, 6) is -1.52. The van der Waals surface area contributed by atoms with Gasteiger partial charge in [-0.15, -0.1) is 0 Å². The van der Waals surface area contributed by atoms with E-state index in [1.165, 1.54) is 0 Å². The number of pyridine rings is 1. The number of ketones is 2. The number of esters is 1. The molecule has 2 atom stereocenters. The summed E-state index contributed by atoms with van der Waals surface area (Å²) < 4.78 is 7.12. The number of nitrogens with zero attached hydrogens (tertiary/aromatic N) is 1. The average Bonchev–Trinajstić information content (AvgIpc) is 2.90. The van der Waals surface area contributed by atoms with E-state index in [1.54, 1.807) is 25.3 Å². The van der Waals surface area contributed by atoms with Gasteiger partial charge < -0.3 is 4.74 Å². The third kappa shape index (κ3) is 2.10. The van der Waals surface area contributed by atoms with Gasteiger partial charge in [-0.2, -0.15) is 0 Å². The summed E-state index contributed by atoms with van der Waals surface area (Å²) >= 11 is 6.90. The zero-order valence-corrected chi connectivity index (χ0v) is 18.2. The number of hydrogen-bond acceptors (Lipinski definition) is 5. The third-order valence-electron chi connectivity index (χ3n) is 6.84. The van der Waals surface area contributed by atoms with Gasteiger partial charge in [-0.3, -0.25) is 19.4 Å². The fourth-order valence-corrected chi connectivity index (χ4v) is 6.00. The van der Waals surface area contributed by atoms with Crippen LogP contribution in [0.1, 0.15) is 33.6 Å². The molecule has 0 amide bonds. The second-order valence-corrected chi connectivity index (χ2v) is 9.69. The van der Waals surface area contributed by atoms with Crippen molar-refractivity contribution in [1.82, 2.24) is 4.98 Å². The molecule has 0 N–H and O–H groups in total. The van der Waals surface area contributed by atoms with Crippen LogP contribution in [0.5, 0.6) is 5.75 Å². The number of aromatic nitrogens is 1. The number of ether oxygens (including phenoxy) is 1. The summed E-state index contributed by atoms with van der Waals surface area (Å²) in [6.07, 6.45) is 2.43. The van der Waals surface area contributed by atoms with E-state index in [4.69, 9.17) is 4.74 Å². The Morgan fingerprint density at radius 3 is 2.44 bits per heavy atom. The summed E-state index contributed by atoms with van der Waals surface area (Å²) in [7, 11) is 0. The van der Waals surface area contributed by atoms with Crippen molar-refractivity contribution < 1.29 is 19.1 Å². The van der Waals surface area contributed by atoms with Gasteiger partial charge in [-0.05, 0) is 40.9 Å². The largest absolute Gasteiger partial charge is 0.422 e. The highest BCUT2D eigenvalue weighted by atomic mass is 79.9. The average molecular weight is 495 g/mol. The summed E-state index contributed by atoms with van der Waals surface area (Å²) in [4.78, 5) is 43.1. The van der Waals surface area contributed by atoms with Crippen molar-refractivity contribution in [3.8, 4) is 5.75 Å². The minimum Gasteiger partial charge on any atom is -0.422 e. The van der Waals surface area contributed by atoms with Crippen molar-refractivity contribution in [3.63, 3.8) is 0 Å². The first-order valence-corrected chi connectivity index (χ1v) is 10.2. The Labute approximate surface area is 173 Å². The molecule has 140 valence electrons. The first-order valence-electron chi connectivity index (χ1n) is 8.62. The number of fused-ring (bicyclic) bond motifs is 3. The van der Waals surface area contributed by atoms with E-state index in [2.05, 4.69) is 36.8 Å². The molecule has 0 radical (unpaired) electrons. The number of rotatable bonds is 2. The molecule has 1 aromatic heterocycles. The quantitative estimate of drug-likeness (QED) is 0.263. The van der Waals surface area contributed by atoms with Crippen LogP contribution < -0.4 is 4.74 Å². The Kier molecular flexibility index (Phi) is 3.96. The van der Waals surface area contributed by atoms with E-state index in [1.807, 2.05) is 19.9 Å². The summed E-state index contributed by atoms with van der Waals surface area (Å²) in [6, 6.07) is 5.42. The molecule has 7 heteroatoms. The van der Waals surface area contributed by atoms with Crippen LogP contribution in [-0.4, -0.2) is 22.5 Å². The van der Waals surface area contributed by atoms with Gasteiger partial charge in [-0.1, -0.05) is 42.8 Å². The highest BCUT2D eigenvalue weighted by molar-refractivity contribution is 9.11. The van der Waals surface area contributed by atoms with Crippen LogP contribution in [0, 0.1) is 16.2 Å². The fourth-order valence-electron chi connectivity index (χ4n) is 4.65. The molecule has 2 aromatic rings. The predicted octanol–water partition coefficient (Wildman–Crippen LogP) is 4.63. The van der Waals surface area contributed by atoms with E-state index >= 15 is 0 Å². The second kappa shape index (κ2) is 5.70. The van der Waals surface area contributed by atoms with Crippen LogP contribution >= 0.6 is 31.9 Å². The molecule has 1 heterocycles. The van der Waals surface area contributed by atoms with Crippen molar-refractivity contribution >= 4 is 60.3 Å². The summed E-state index contributed by atoms with van der Waals surface area (Å²) in [5, 5.41) is 0.783. The first-order chi connectivity index (χ1) is 12.6. The molecule has 2 bridgehead atoms. The highest BCUT2D eigenvalue weighted by Crippen LogP contribution is 2.69. The minimum atomic E-state index is -1.45. The maximum absolute atomic E-state index is 13.3. The van der Waals surface area contributed by atoms with Crippen LogP contribution in [0.2, 0.25) is 0 Å². The minimum absolute atomic E-state index is 0.254. The molecule has 0 unspecified atom stereocenters. The Bertz CT molecular complexity index is 1050. The Morgan fingerprint density at radius 1 is 1.11 bits per heavy atom. The van der Waals surface area contributed by atoms with Crippen molar-refractivity contribution in [1.29, 1.82) is 0 Å². The van der Waals surface area contributed by atoms with Gasteiger partial charge in [0.15, 0.2) is 5.75 Å². The molecule has 2 fully saturated rings. The molecule has 1 aromatic carbocycles. The molecular weight excluding hydrogens is 478 g/mol. The van der Waals surface area contributed by atoms with E-state index in [0.29, 0.717) is 22.8 Å². The maximum atomic E-state index is 13.3. The van der Waals surface area contributed by atoms with Gasteiger partial charge in [0.05, 0.1) is 4.47 Å². The van der Waals surface area contributed by atoms with E-state index < -0.39 is 33.8 Å². The topological polar surface area (TPSA) is 73.3 Å². The third-order valence-corrected chi connectivity index (χ3v) is 8.08. The lowest BCUT2D eigenvalue weighted by Crippen LogP contribution is -2.47. The molecule has 2 aliphatic carbocycles. The Hall–Kier alpha value is -1.60. The van der Waals surface area contributed by atoms with Gasteiger partial charge in [0.1, 0.15) is 10.9 Å². The van der Waals surface area contributed by atoms with Gasteiger partial charge in [0.25, 0.3) is 0 Å². The zero-order chi connectivity index (χ0) is 19.8. The van der Waals surface area contributed by atoms with Crippen LogP contribution in [-0.2, 0) is 14.4 Å². The van der Waals surface area contributed by atoms with Crippen molar-refractivity contribution in [2.24, 2.45) is 16.2 Å². The number of carbonyl (C=O) groups is 3. The predicted molar refractivity (Wildman–Crippen MR) is 106 cm³/mol. The lowest BCUT2D eigenvalue weighted by Gasteiger charge is -2.36. The van der Waals surface area contributed by atoms with E-state index in [-0.39, 0.29) is 5.75 Å². The number of benzene rings is 1. The number of Topliss-reactive ketones (excluding diaryl/α,β-unsaturated/α-hetero) is 2. The molecule has 5 nitrogen and oxygen atoms in total. The maximum Gasteiger partial charge on any atom is 0.326 e. The van der Waals surface area contributed by atoms with Gasteiger partial charge >= 0.3 is 5.97 Å². The SMILES string of the molecule is CC1(C)[C@]2(C(=O)Oc3c(Br)cc(Br)c4cccnc34)CC[C@@]1(C)C(=O)C2=O. The van der Waals surface area contributed by atoms with Crippen LogP contribution in [0.15, 0.2) is 33.3 Å². The molecule has 0 spiro atoms. The van der Waals surface area contributed by atoms with Gasteiger partial charge in [0.2, 0.25) is 11.6 Å². The van der Waals surface area contributed by atoms with Gasteiger partial charge in [-0.25, -0.2) is 0 Å². The normalized spacial score (nSPS) is 28.8. The molecule has 4 rings (SSSR count). The molecule has 0 saturated heterocycles. The monoisotopic (exact) mass is 493 g/mol. The van der Waals surface area contributed by atoms with Crippen LogP contribution in [0.3, 0.4) is 0 Å².